The van der Waals surface area contributed by atoms with Crippen LogP contribution in [0.2, 0.25) is 5.15 Å². The molecule has 2 aromatic rings. The highest BCUT2D eigenvalue weighted by molar-refractivity contribution is 6.29. The lowest BCUT2D eigenvalue weighted by atomic mass is 10.2. The minimum Gasteiger partial charge on any atom is -0.350 e. The van der Waals surface area contributed by atoms with E-state index < -0.39 is 0 Å². The summed E-state index contributed by atoms with van der Waals surface area (Å²) in [7, 11) is 0. The van der Waals surface area contributed by atoms with Gasteiger partial charge < -0.3 is 10.2 Å². The molecule has 0 atom stereocenters. The highest BCUT2D eigenvalue weighted by Crippen LogP contribution is 2.08. The van der Waals surface area contributed by atoms with Crippen LogP contribution in [0, 0.1) is 5.82 Å². The van der Waals surface area contributed by atoms with Gasteiger partial charge >= 0.3 is 0 Å². The molecule has 0 radical (unpaired) electrons. The van der Waals surface area contributed by atoms with Crippen LogP contribution in [0.15, 0.2) is 42.6 Å². The molecule has 0 fully saturated rings. The van der Waals surface area contributed by atoms with Gasteiger partial charge in [-0.1, -0.05) is 23.7 Å². The Morgan fingerprint density at radius 1 is 1.21 bits per heavy atom. The van der Waals surface area contributed by atoms with E-state index in [0.29, 0.717) is 17.3 Å². The third kappa shape index (κ3) is 5.03. The van der Waals surface area contributed by atoms with Gasteiger partial charge in [0.15, 0.2) is 0 Å². The lowest BCUT2D eigenvalue weighted by molar-refractivity contribution is -0.121. The molecule has 0 saturated heterocycles. The zero-order valence-electron chi connectivity index (χ0n) is 13.1. The number of aromatic nitrogens is 1. The summed E-state index contributed by atoms with van der Waals surface area (Å²) < 4.78 is 12.8. The van der Waals surface area contributed by atoms with Gasteiger partial charge in [0, 0.05) is 19.3 Å². The smallest absolute Gasteiger partial charge is 0.255 e. The molecule has 0 aliphatic heterocycles. The zero-order valence-corrected chi connectivity index (χ0v) is 13.9. The number of benzene rings is 1. The Morgan fingerprint density at radius 2 is 1.92 bits per heavy atom. The molecule has 0 bridgehead atoms. The molecule has 24 heavy (non-hydrogen) atoms. The first-order valence-corrected chi connectivity index (χ1v) is 7.79. The zero-order chi connectivity index (χ0) is 17.5. The second kappa shape index (κ2) is 8.40. The molecule has 0 aliphatic carbocycles. The number of hydrogen-bond donors (Lipinski definition) is 1. The van der Waals surface area contributed by atoms with E-state index >= 15 is 0 Å². The number of halogens is 2. The van der Waals surface area contributed by atoms with Crippen LogP contribution in [0.3, 0.4) is 0 Å². The summed E-state index contributed by atoms with van der Waals surface area (Å²) in [5.74, 6) is -0.917. The Morgan fingerprint density at radius 3 is 2.50 bits per heavy atom. The standard InChI is InChI=1S/C17H17ClFN3O2/c1-2-22(17(24)13-5-8-15(18)20-10-13)11-16(23)21-9-12-3-6-14(19)7-4-12/h3-8,10H,2,9,11H2,1H3,(H,21,23). The predicted molar refractivity (Wildman–Crippen MR) is 89.1 cm³/mol. The summed E-state index contributed by atoms with van der Waals surface area (Å²) in [5, 5.41) is 3.00. The van der Waals surface area contributed by atoms with Gasteiger partial charge in [-0.3, -0.25) is 9.59 Å². The number of carbonyl (C=O) groups excluding carboxylic acids is 2. The number of nitrogens with zero attached hydrogens (tertiary/aromatic N) is 2. The van der Waals surface area contributed by atoms with Crippen molar-refractivity contribution in [2.45, 2.75) is 13.5 Å². The van der Waals surface area contributed by atoms with E-state index in [1.165, 1.54) is 29.3 Å². The van der Waals surface area contributed by atoms with Gasteiger partial charge in [-0.05, 0) is 36.8 Å². The maximum atomic E-state index is 12.8. The molecule has 2 rings (SSSR count). The first-order valence-electron chi connectivity index (χ1n) is 7.41. The quantitative estimate of drug-likeness (QED) is 0.815. The van der Waals surface area contributed by atoms with Crippen LogP contribution >= 0.6 is 11.6 Å². The van der Waals surface area contributed by atoms with Crippen LogP contribution in [0.1, 0.15) is 22.8 Å². The van der Waals surface area contributed by atoms with Gasteiger partial charge in [0.25, 0.3) is 5.91 Å². The lowest BCUT2D eigenvalue weighted by Crippen LogP contribution is -2.40. The van der Waals surface area contributed by atoms with E-state index in [2.05, 4.69) is 10.3 Å². The van der Waals surface area contributed by atoms with E-state index in [1.54, 1.807) is 25.1 Å². The fourth-order valence-corrected chi connectivity index (χ4v) is 2.16. The molecular formula is C17H17ClFN3O2. The molecule has 1 heterocycles. The topological polar surface area (TPSA) is 62.3 Å². The fraction of sp³-hybridized carbons (Fsp3) is 0.235. The van der Waals surface area contributed by atoms with Crippen molar-refractivity contribution < 1.29 is 14.0 Å². The fourth-order valence-electron chi connectivity index (χ4n) is 2.04. The molecule has 1 N–H and O–H groups in total. The van der Waals surface area contributed by atoms with Crippen molar-refractivity contribution in [1.82, 2.24) is 15.2 Å². The Bertz CT molecular complexity index is 705. The summed E-state index contributed by atoms with van der Waals surface area (Å²) in [6, 6.07) is 8.94. The van der Waals surface area contributed by atoms with E-state index in [1.807, 2.05) is 0 Å². The highest BCUT2D eigenvalue weighted by Gasteiger charge is 2.17. The van der Waals surface area contributed by atoms with Gasteiger partial charge in [0.1, 0.15) is 11.0 Å². The monoisotopic (exact) mass is 349 g/mol. The minimum atomic E-state index is -0.329. The molecule has 5 nitrogen and oxygen atoms in total. The Hall–Kier alpha value is -2.47. The SMILES string of the molecule is CCN(CC(=O)NCc1ccc(F)cc1)C(=O)c1ccc(Cl)nc1. The van der Waals surface area contributed by atoms with Gasteiger partial charge in [0.05, 0.1) is 12.1 Å². The van der Waals surface area contributed by atoms with Gasteiger partial charge in [-0.25, -0.2) is 9.37 Å². The lowest BCUT2D eigenvalue weighted by Gasteiger charge is -2.20. The molecule has 7 heteroatoms. The van der Waals surface area contributed by atoms with Crippen molar-refractivity contribution in [1.29, 1.82) is 0 Å². The third-order valence-corrected chi connectivity index (χ3v) is 3.60. The number of amides is 2. The van der Waals surface area contributed by atoms with Crippen molar-refractivity contribution >= 4 is 23.4 Å². The Kier molecular flexibility index (Phi) is 6.26. The molecule has 0 spiro atoms. The van der Waals surface area contributed by atoms with Crippen LogP contribution < -0.4 is 5.32 Å². The Labute approximate surface area is 144 Å². The number of carbonyl (C=O) groups is 2. The summed E-state index contributed by atoms with van der Waals surface area (Å²) in [6.45, 7) is 2.37. The average Bonchev–Trinajstić information content (AvgIpc) is 2.59. The number of rotatable bonds is 6. The van der Waals surface area contributed by atoms with Crippen molar-refractivity contribution in [3.8, 4) is 0 Å². The molecular weight excluding hydrogens is 333 g/mol. The molecule has 2 amide bonds. The second-order valence-electron chi connectivity index (χ2n) is 5.09. The molecule has 1 aromatic carbocycles. The Balaban J connectivity index is 1.91. The number of hydrogen-bond acceptors (Lipinski definition) is 3. The van der Waals surface area contributed by atoms with E-state index in [4.69, 9.17) is 11.6 Å². The number of likely N-dealkylation sites (N-methyl/N-ethyl adjacent to an activating group) is 1. The summed E-state index contributed by atoms with van der Waals surface area (Å²) >= 11 is 5.70. The number of pyridine rings is 1. The average molecular weight is 350 g/mol. The van der Waals surface area contributed by atoms with Crippen molar-refractivity contribution in [3.63, 3.8) is 0 Å². The van der Waals surface area contributed by atoms with Crippen LogP contribution in [0.4, 0.5) is 4.39 Å². The van der Waals surface area contributed by atoms with Crippen molar-refractivity contribution in [3.05, 3.63) is 64.7 Å². The van der Waals surface area contributed by atoms with Crippen LogP contribution in [-0.2, 0) is 11.3 Å². The molecule has 1 aromatic heterocycles. The first kappa shape index (κ1) is 17.9. The van der Waals surface area contributed by atoms with Crippen LogP contribution in [0.25, 0.3) is 0 Å². The van der Waals surface area contributed by atoms with E-state index in [-0.39, 0.29) is 30.7 Å². The maximum Gasteiger partial charge on any atom is 0.255 e. The largest absolute Gasteiger partial charge is 0.350 e. The first-order chi connectivity index (χ1) is 11.5. The molecule has 0 aliphatic rings. The third-order valence-electron chi connectivity index (χ3n) is 3.38. The van der Waals surface area contributed by atoms with E-state index in [0.717, 1.165) is 5.56 Å². The summed E-state index contributed by atoms with van der Waals surface area (Å²) in [6.07, 6.45) is 1.38. The molecule has 0 saturated carbocycles. The second-order valence-corrected chi connectivity index (χ2v) is 5.48. The highest BCUT2D eigenvalue weighted by atomic mass is 35.5. The maximum absolute atomic E-state index is 12.8. The molecule has 126 valence electrons. The minimum absolute atomic E-state index is 0.0703. The predicted octanol–water partition coefficient (Wildman–Crippen LogP) is 2.65. The van der Waals surface area contributed by atoms with E-state index in [9.17, 15) is 14.0 Å². The summed E-state index contributed by atoms with van der Waals surface area (Å²) in [4.78, 5) is 29.7. The van der Waals surface area contributed by atoms with Gasteiger partial charge in [-0.2, -0.15) is 0 Å². The molecule has 0 unspecified atom stereocenters. The van der Waals surface area contributed by atoms with Crippen molar-refractivity contribution in [2.24, 2.45) is 0 Å². The number of nitrogens with one attached hydrogen (secondary N) is 1. The summed E-state index contributed by atoms with van der Waals surface area (Å²) in [5.41, 5.74) is 1.15. The normalized spacial score (nSPS) is 10.3. The van der Waals surface area contributed by atoms with Crippen LogP contribution in [0.5, 0.6) is 0 Å². The van der Waals surface area contributed by atoms with Gasteiger partial charge in [-0.15, -0.1) is 0 Å². The van der Waals surface area contributed by atoms with Crippen LogP contribution in [-0.4, -0.2) is 34.8 Å². The van der Waals surface area contributed by atoms with Gasteiger partial charge in [0.2, 0.25) is 5.91 Å². The van der Waals surface area contributed by atoms with Crippen molar-refractivity contribution in [2.75, 3.05) is 13.1 Å².